The molecule has 0 radical (unpaired) electrons. The van der Waals surface area contributed by atoms with Gasteiger partial charge in [-0.15, -0.1) is 0 Å². The highest BCUT2D eigenvalue weighted by Crippen LogP contribution is 2.40. The normalized spacial score (nSPS) is 18.1. The van der Waals surface area contributed by atoms with Gasteiger partial charge in [0.1, 0.15) is 0 Å². The topological polar surface area (TPSA) is 12.0 Å². The Bertz CT molecular complexity index is 296. The molecule has 3 heteroatoms. The third-order valence-electron chi connectivity index (χ3n) is 2.74. The Morgan fingerprint density at radius 2 is 1.87 bits per heavy atom. The van der Waals surface area contributed by atoms with Gasteiger partial charge in [-0.2, -0.15) is 0 Å². The minimum absolute atomic E-state index is 0.111. The molecule has 0 heterocycles. The molecule has 0 spiro atoms. The molecule has 1 N–H and O–H groups in total. The molecule has 1 atom stereocenters. The summed E-state index contributed by atoms with van der Waals surface area (Å²) >= 11 is 0. The zero-order valence-corrected chi connectivity index (χ0v) is 8.50. The molecule has 1 aromatic carbocycles. The lowest BCUT2D eigenvalue weighted by molar-refractivity contribution is 0.139. The van der Waals surface area contributed by atoms with Gasteiger partial charge in [-0.05, 0) is 24.3 Å². The van der Waals surface area contributed by atoms with Crippen LogP contribution in [0.3, 0.4) is 0 Å². The van der Waals surface area contributed by atoms with Crippen molar-refractivity contribution in [3.8, 4) is 0 Å². The van der Waals surface area contributed by atoms with Crippen LogP contribution >= 0.6 is 0 Å². The van der Waals surface area contributed by atoms with Gasteiger partial charge >= 0.3 is 0 Å². The highest BCUT2D eigenvalue weighted by Gasteiger charge is 2.32. The third kappa shape index (κ3) is 2.99. The predicted molar refractivity (Wildman–Crippen MR) is 55.9 cm³/mol. The van der Waals surface area contributed by atoms with Gasteiger partial charge in [0.25, 0.3) is 6.43 Å². The monoisotopic (exact) mass is 211 g/mol. The second-order valence-electron chi connectivity index (χ2n) is 4.03. The molecule has 1 fully saturated rings. The second kappa shape index (κ2) is 4.71. The van der Waals surface area contributed by atoms with Crippen LogP contribution in [-0.4, -0.2) is 13.0 Å². The molecule has 1 aromatic rings. The molecule has 0 amide bonds. The summed E-state index contributed by atoms with van der Waals surface area (Å²) in [6.45, 7) is -0.212. The van der Waals surface area contributed by atoms with E-state index in [2.05, 4.69) is 5.32 Å². The zero-order chi connectivity index (χ0) is 10.7. The maximum absolute atomic E-state index is 12.1. The van der Waals surface area contributed by atoms with Crippen molar-refractivity contribution in [2.24, 2.45) is 5.92 Å². The summed E-state index contributed by atoms with van der Waals surface area (Å²) in [7, 11) is 0. The van der Waals surface area contributed by atoms with Gasteiger partial charge in [0, 0.05) is 6.04 Å². The molecule has 0 saturated heterocycles. The lowest BCUT2D eigenvalue weighted by atomic mass is 10.0. The Hall–Kier alpha value is -0.960. The fraction of sp³-hybridized carbons (Fsp3) is 0.500. The number of hydrogen-bond donors (Lipinski definition) is 1. The molecule has 1 unspecified atom stereocenters. The molecule has 0 aromatic heterocycles. The summed E-state index contributed by atoms with van der Waals surface area (Å²) in [5.74, 6) is 0.547. The van der Waals surface area contributed by atoms with E-state index < -0.39 is 6.43 Å². The van der Waals surface area contributed by atoms with Crippen LogP contribution in [0.15, 0.2) is 30.3 Å². The van der Waals surface area contributed by atoms with Crippen molar-refractivity contribution in [1.29, 1.82) is 0 Å². The van der Waals surface area contributed by atoms with Crippen molar-refractivity contribution < 1.29 is 8.78 Å². The standard InChI is InChI=1S/C12H15F2N/c13-11(14)8-15-12(10-6-7-10)9-4-2-1-3-5-9/h1-5,10-12,15H,6-8H2. The lowest BCUT2D eigenvalue weighted by Crippen LogP contribution is -2.27. The number of alkyl halides is 2. The molecule has 1 saturated carbocycles. The summed E-state index contributed by atoms with van der Waals surface area (Å²) in [5, 5.41) is 2.95. The first kappa shape index (κ1) is 10.6. The van der Waals surface area contributed by atoms with E-state index in [-0.39, 0.29) is 12.6 Å². The van der Waals surface area contributed by atoms with Gasteiger partial charge < -0.3 is 5.32 Å². The molecular weight excluding hydrogens is 196 g/mol. The first-order valence-corrected chi connectivity index (χ1v) is 5.34. The van der Waals surface area contributed by atoms with Crippen molar-refractivity contribution in [2.75, 3.05) is 6.54 Å². The first-order chi connectivity index (χ1) is 7.27. The maximum Gasteiger partial charge on any atom is 0.250 e. The molecule has 15 heavy (non-hydrogen) atoms. The minimum atomic E-state index is -2.27. The van der Waals surface area contributed by atoms with Gasteiger partial charge in [-0.3, -0.25) is 0 Å². The van der Waals surface area contributed by atoms with E-state index >= 15 is 0 Å². The Morgan fingerprint density at radius 3 is 2.40 bits per heavy atom. The maximum atomic E-state index is 12.1. The molecule has 1 aliphatic carbocycles. The van der Waals surface area contributed by atoms with E-state index in [9.17, 15) is 8.78 Å². The van der Waals surface area contributed by atoms with Crippen LogP contribution in [-0.2, 0) is 0 Å². The van der Waals surface area contributed by atoms with Crippen LogP contribution in [0.25, 0.3) is 0 Å². The molecule has 1 nitrogen and oxygen atoms in total. The summed E-state index contributed by atoms with van der Waals surface area (Å²) in [6.07, 6.45) is 0.0287. The average molecular weight is 211 g/mol. The fourth-order valence-corrected chi connectivity index (χ4v) is 1.86. The molecule has 0 bridgehead atoms. The van der Waals surface area contributed by atoms with Crippen molar-refractivity contribution in [2.45, 2.75) is 25.3 Å². The smallest absolute Gasteiger partial charge is 0.250 e. The van der Waals surface area contributed by atoms with Crippen LogP contribution in [0, 0.1) is 5.92 Å². The lowest BCUT2D eigenvalue weighted by Gasteiger charge is -2.18. The number of rotatable bonds is 5. The van der Waals surface area contributed by atoms with E-state index in [1.54, 1.807) is 0 Å². The van der Waals surface area contributed by atoms with E-state index in [0.29, 0.717) is 5.92 Å². The minimum Gasteiger partial charge on any atom is -0.304 e. The van der Waals surface area contributed by atoms with Gasteiger partial charge in [-0.25, -0.2) is 8.78 Å². The van der Waals surface area contributed by atoms with Crippen LogP contribution < -0.4 is 5.32 Å². The third-order valence-corrected chi connectivity index (χ3v) is 2.74. The largest absolute Gasteiger partial charge is 0.304 e. The Kier molecular flexibility index (Phi) is 3.31. The average Bonchev–Trinajstić information content (AvgIpc) is 3.03. The Morgan fingerprint density at radius 1 is 1.20 bits per heavy atom. The molecule has 0 aliphatic heterocycles. The van der Waals surface area contributed by atoms with Crippen LogP contribution in [0.2, 0.25) is 0 Å². The zero-order valence-electron chi connectivity index (χ0n) is 8.50. The molecular formula is C12H15F2N. The second-order valence-corrected chi connectivity index (χ2v) is 4.03. The van der Waals surface area contributed by atoms with Gasteiger partial charge in [0.05, 0.1) is 6.54 Å². The summed E-state index contributed by atoms with van der Waals surface area (Å²) in [4.78, 5) is 0. The fourth-order valence-electron chi connectivity index (χ4n) is 1.86. The quantitative estimate of drug-likeness (QED) is 0.789. The van der Waals surface area contributed by atoms with Crippen LogP contribution in [0.4, 0.5) is 8.78 Å². The highest BCUT2D eigenvalue weighted by molar-refractivity contribution is 5.21. The van der Waals surface area contributed by atoms with Crippen molar-refractivity contribution >= 4 is 0 Å². The summed E-state index contributed by atoms with van der Waals surface area (Å²) < 4.78 is 24.3. The van der Waals surface area contributed by atoms with Gasteiger partial charge in [0.2, 0.25) is 0 Å². The van der Waals surface area contributed by atoms with Gasteiger partial charge in [-0.1, -0.05) is 30.3 Å². The SMILES string of the molecule is FC(F)CNC(c1ccccc1)C1CC1. The number of benzene rings is 1. The summed E-state index contributed by atoms with van der Waals surface area (Å²) in [5.41, 5.74) is 1.13. The van der Waals surface area contributed by atoms with E-state index in [1.807, 2.05) is 30.3 Å². The highest BCUT2D eigenvalue weighted by atomic mass is 19.3. The van der Waals surface area contributed by atoms with E-state index in [1.165, 1.54) is 0 Å². The molecule has 1 aliphatic rings. The van der Waals surface area contributed by atoms with Crippen molar-refractivity contribution in [3.63, 3.8) is 0 Å². The van der Waals surface area contributed by atoms with Gasteiger partial charge in [0.15, 0.2) is 0 Å². The van der Waals surface area contributed by atoms with E-state index in [0.717, 1.165) is 18.4 Å². The first-order valence-electron chi connectivity index (χ1n) is 5.34. The van der Waals surface area contributed by atoms with Crippen LogP contribution in [0.5, 0.6) is 0 Å². The predicted octanol–water partition coefficient (Wildman–Crippen LogP) is 2.99. The van der Waals surface area contributed by atoms with Crippen molar-refractivity contribution in [3.05, 3.63) is 35.9 Å². The molecule has 82 valence electrons. The Labute approximate surface area is 88.5 Å². The Balaban J connectivity index is 2.00. The number of hydrogen-bond acceptors (Lipinski definition) is 1. The number of nitrogens with one attached hydrogen (secondary N) is 1. The van der Waals surface area contributed by atoms with Crippen molar-refractivity contribution in [1.82, 2.24) is 5.32 Å². The molecule has 2 rings (SSSR count). The van der Waals surface area contributed by atoms with E-state index in [4.69, 9.17) is 0 Å². The number of halogens is 2. The summed E-state index contributed by atoms with van der Waals surface area (Å²) in [6, 6.07) is 9.97. The van der Waals surface area contributed by atoms with Crippen LogP contribution in [0.1, 0.15) is 24.4 Å².